The lowest BCUT2D eigenvalue weighted by atomic mass is 10.2. The number of para-hydroxylation sites is 1. The molecule has 0 atom stereocenters. The summed E-state index contributed by atoms with van der Waals surface area (Å²) in [6, 6.07) is 14.8. The topological polar surface area (TPSA) is 76.1 Å². The Labute approximate surface area is 143 Å². The van der Waals surface area contributed by atoms with Gasteiger partial charge in [0.05, 0.1) is 18.4 Å². The zero-order chi connectivity index (χ0) is 17.6. The number of anilines is 4. The first-order valence-corrected chi connectivity index (χ1v) is 7.45. The maximum absolute atomic E-state index is 13.7. The van der Waals surface area contributed by atoms with Crippen molar-refractivity contribution < 1.29 is 13.9 Å². The van der Waals surface area contributed by atoms with Crippen molar-refractivity contribution in [2.75, 3.05) is 17.7 Å². The van der Waals surface area contributed by atoms with Crippen molar-refractivity contribution in [2.45, 2.75) is 0 Å². The minimum absolute atomic E-state index is 0.328. The van der Waals surface area contributed by atoms with Gasteiger partial charge in [-0.2, -0.15) is 0 Å². The predicted molar refractivity (Wildman–Crippen MR) is 92.8 cm³/mol. The van der Waals surface area contributed by atoms with Crippen molar-refractivity contribution >= 4 is 29.0 Å². The highest BCUT2D eigenvalue weighted by Crippen LogP contribution is 2.21. The van der Waals surface area contributed by atoms with Gasteiger partial charge in [0, 0.05) is 11.8 Å². The molecule has 0 aliphatic rings. The second-order valence-corrected chi connectivity index (χ2v) is 5.09. The molecule has 0 saturated carbocycles. The van der Waals surface area contributed by atoms with Crippen LogP contribution in [0.2, 0.25) is 0 Å². The van der Waals surface area contributed by atoms with E-state index in [0.717, 1.165) is 5.69 Å². The number of nitrogens with one attached hydrogen (secondary N) is 2. The van der Waals surface area contributed by atoms with Gasteiger partial charge in [-0.15, -0.1) is 0 Å². The standard InChI is InChI=1S/C18H15FN4O2/c1-25-18(24)12-6-8-13(9-7-12)22-16-10-17(21-11-20-16)23-15-5-3-2-4-14(15)19/h2-11H,1H3,(H2,20,21,22,23). The third kappa shape index (κ3) is 4.08. The molecule has 3 rings (SSSR count). The van der Waals surface area contributed by atoms with Gasteiger partial charge in [0.1, 0.15) is 23.8 Å². The van der Waals surface area contributed by atoms with Crippen LogP contribution in [0.25, 0.3) is 0 Å². The van der Waals surface area contributed by atoms with Gasteiger partial charge in [0.15, 0.2) is 0 Å². The molecule has 25 heavy (non-hydrogen) atoms. The first-order chi connectivity index (χ1) is 12.2. The van der Waals surface area contributed by atoms with E-state index >= 15 is 0 Å². The molecule has 0 spiro atoms. The van der Waals surface area contributed by atoms with Crippen LogP contribution in [0.4, 0.5) is 27.4 Å². The number of carbonyl (C=O) groups is 1. The predicted octanol–water partition coefficient (Wildman–Crippen LogP) is 3.89. The first-order valence-electron chi connectivity index (χ1n) is 7.45. The van der Waals surface area contributed by atoms with E-state index in [2.05, 4.69) is 25.3 Å². The minimum atomic E-state index is -0.398. The van der Waals surface area contributed by atoms with E-state index in [1.807, 2.05) is 0 Å². The number of nitrogens with zero attached hydrogens (tertiary/aromatic N) is 2. The fourth-order valence-corrected chi connectivity index (χ4v) is 2.15. The number of hydrogen-bond donors (Lipinski definition) is 2. The van der Waals surface area contributed by atoms with Gasteiger partial charge in [-0.3, -0.25) is 0 Å². The van der Waals surface area contributed by atoms with Gasteiger partial charge < -0.3 is 15.4 Å². The van der Waals surface area contributed by atoms with Crippen LogP contribution in [-0.2, 0) is 4.74 Å². The lowest BCUT2D eigenvalue weighted by molar-refractivity contribution is 0.0601. The van der Waals surface area contributed by atoms with Crippen LogP contribution in [0.1, 0.15) is 10.4 Å². The minimum Gasteiger partial charge on any atom is -0.465 e. The average molecular weight is 338 g/mol. The number of rotatable bonds is 5. The molecule has 0 fully saturated rings. The Morgan fingerprint density at radius 2 is 1.68 bits per heavy atom. The summed E-state index contributed by atoms with van der Waals surface area (Å²) in [4.78, 5) is 19.6. The highest BCUT2D eigenvalue weighted by Gasteiger charge is 2.06. The van der Waals surface area contributed by atoms with Gasteiger partial charge >= 0.3 is 5.97 Å². The monoisotopic (exact) mass is 338 g/mol. The summed E-state index contributed by atoms with van der Waals surface area (Å²) in [5, 5.41) is 5.99. The van der Waals surface area contributed by atoms with E-state index < -0.39 is 5.97 Å². The van der Waals surface area contributed by atoms with Gasteiger partial charge in [-0.25, -0.2) is 19.2 Å². The van der Waals surface area contributed by atoms with Crippen molar-refractivity contribution in [3.05, 3.63) is 72.3 Å². The summed E-state index contributed by atoms with van der Waals surface area (Å²) in [5.74, 6) is 0.215. The van der Waals surface area contributed by atoms with Gasteiger partial charge in [0.25, 0.3) is 0 Å². The van der Waals surface area contributed by atoms with Crippen LogP contribution in [-0.4, -0.2) is 23.0 Å². The summed E-state index contributed by atoms with van der Waals surface area (Å²) in [6.07, 6.45) is 1.37. The molecular formula is C18H15FN4O2. The summed E-state index contributed by atoms with van der Waals surface area (Å²) >= 11 is 0. The van der Waals surface area contributed by atoms with E-state index in [1.165, 1.54) is 19.5 Å². The second kappa shape index (κ2) is 7.39. The molecule has 0 unspecified atom stereocenters. The number of benzene rings is 2. The largest absolute Gasteiger partial charge is 0.465 e. The van der Waals surface area contributed by atoms with Gasteiger partial charge in [-0.1, -0.05) is 12.1 Å². The Balaban J connectivity index is 1.73. The Morgan fingerprint density at radius 1 is 1.00 bits per heavy atom. The fraction of sp³-hybridized carbons (Fsp3) is 0.0556. The van der Waals surface area contributed by atoms with Crippen LogP contribution >= 0.6 is 0 Å². The molecule has 2 aromatic carbocycles. The highest BCUT2D eigenvalue weighted by molar-refractivity contribution is 5.89. The normalized spacial score (nSPS) is 10.2. The Morgan fingerprint density at radius 3 is 2.36 bits per heavy atom. The summed E-state index contributed by atoms with van der Waals surface area (Å²) in [5.41, 5.74) is 1.52. The van der Waals surface area contributed by atoms with E-state index in [1.54, 1.807) is 48.5 Å². The molecule has 7 heteroatoms. The number of methoxy groups -OCH3 is 1. The van der Waals surface area contributed by atoms with Gasteiger partial charge in [-0.05, 0) is 36.4 Å². The molecule has 3 aromatic rings. The van der Waals surface area contributed by atoms with Crippen LogP contribution in [0.3, 0.4) is 0 Å². The lowest BCUT2D eigenvalue weighted by Crippen LogP contribution is -2.02. The molecule has 0 aliphatic carbocycles. The molecule has 0 bridgehead atoms. The van der Waals surface area contributed by atoms with Gasteiger partial charge in [0.2, 0.25) is 0 Å². The van der Waals surface area contributed by atoms with Crippen molar-refractivity contribution in [3.8, 4) is 0 Å². The Bertz CT molecular complexity index is 884. The molecular weight excluding hydrogens is 323 g/mol. The summed E-state index contributed by atoms with van der Waals surface area (Å²) < 4.78 is 18.4. The fourth-order valence-electron chi connectivity index (χ4n) is 2.15. The zero-order valence-corrected chi connectivity index (χ0v) is 13.4. The number of carbonyl (C=O) groups excluding carboxylic acids is 1. The number of halogens is 1. The SMILES string of the molecule is COC(=O)c1ccc(Nc2cc(Nc3ccccc3F)ncn2)cc1. The van der Waals surface area contributed by atoms with Crippen molar-refractivity contribution in [1.82, 2.24) is 9.97 Å². The average Bonchev–Trinajstić information content (AvgIpc) is 2.64. The van der Waals surface area contributed by atoms with Crippen molar-refractivity contribution in [3.63, 3.8) is 0 Å². The molecule has 0 radical (unpaired) electrons. The first kappa shape index (κ1) is 16.4. The van der Waals surface area contributed by atoms with Crippen LogP contribution < -0.4 is 10.6 Å². The summed E-state index contributed by atoms with van der Waals surface area (Å²) in [6.45, 7) is 0. The van der Waals surface area contributed by atoms with Crippen molar-refractivity contribution in [1.29, 1.82) is 0 Å². The van der Waals surface area contributed by atoms with E-state index in [4.69, 9.17) is 0 Å². The lowest BCUT2D eigenvalue weighted by Gasteiger charge is -2.09. The Kier molecular flexibility index (Phi) is 4.84. The zero-order valence-electron chi connectivity index (χ0n) is 13.4. The van der Waals surface area contributed by atoms with Crippen molar-refractivity contribution in [2.24, 2.45) is 0 Å². The van der Waals surface area contributed by atoms with E-state index in [-0.39, 0.29) is 5.82 Å². The van der Waals surface area contributed by atoms with E-state index in [9.17, 15) is 9.18 Å². The Hall–Kier alpha value is -3.48. The second-order valence-electron chi connectivity index (χ2n) is 5.09. The molecule has 2 N–H and O–H groups in total. The van der Waals surface area contributed by atoms with Crippen LogP contribution in [0.5, 0.6) is 0 Å². The van der Waals surface area contributed by atoms with Crippen LogP contribution in [0, 0.1) is 5.82 Å². The number of aromatic nitrogens is 2. The number of hydrogen-bond acceptors (Lipinski definition) is 6. The molecule has 126 valence electrons. The molecule has 6 nitrogen and oxygen atoms in total. The smallest absolute Gasteiger partial charge is 0.337 e. The quantitative estimate of drug-likeness (QED) is 0.687. The third-order valence-electron chi connectivity index (χ3n) is 3.38. The third-order valence-corrected chi connectivity index (χ3v) is 3.38. The number of esters is 1. The van der Waals surface area contributed by atoms with E-state index in [0.29, 0.717) is 22.9 Å². The van der Waals surface area contributed by atoms with Crippen LogP contribution in [0.15, 0.2) is 60.9 Å². The molecule has 0 amide bonds. The number of ether oxygens (including phenoxy) is 1. The molecule has 0 saturated heterocycles. The molecule has 1 aromatic heterocycles. The maximum atomic E-state index is 13.7. The maximum Gasteiger partial charge on any atom is 0.337 e. The molecule has 0 aliphatic heterocycles. The summed E-state index contributed by atoms with van der Waals surface area (Å²) in [7, 11) is 1.33. The molecule has 1 heterocycles. The highest BCUT2D eigenvalue weighted by atomic mass is 19.1.